The van der Waals surface area contributed by atoms with Crippen LogP contribution in [0.1, 0.15) is 24.0 Å². The topological polar surface area (TPSA) is 84.9 Å². The highest BCUT2D eigenvalue weighted by atomic mass is 32.2. The van der Waals surface area contributed by atoms with Crippen LogP contribution in [0.5, 0.6) is 11.5 Å². The molecule has 1 N–H and O–H groups in total. The van der Waals surface area contributed by atoms with Gasteiger partial charge in [-0.05, 0) is 37.5 Å². The summed E-state index contributed by atoms with van der Waals surface area (Å²) in [6.07, 6.45) is 1.27. The fourth-order valence-electron chi connectivity index (χ4n) is 3.54. The number of nitrogens with one attached hydrogen (secondary N) is 1. The van der Waals surface area contributed by atoms with E-state index in [1.807, 2.05) is 31.2 Å². The maximum atomic E-state index is 13.3. The number of sulfonamides is 1. The summed E-state index contributed by atoms with van der Waals surface area (Å²) in [6, 6.07) is 12.6. The molecular weight excluding hydrogens is 404 g/mol. The van der Waals surface area contributed by atoms with Gasteiger partial charge < -0.3 is 14.8 Å². The fraction of sp³-hybridized carbons (Fsp3) is 0.409. The number of aryl methyl sites for hydroxylation is 1. The summed E-state index contributed by atoms with van der Waals surface area (Å²) >= 11 is 0. The van der Waals surface area contributed by atoms with E-state index < -0.39 is 15.9 Å². The Morgan fingerprint density at radius 2 is 1.87 bits per heavy atom. The maximum absolute atomic E-state index is 13.3. The molecule has 30 heavy (non-hydrogen) atoms. The molecular formula is C22H28N2O5S. The number of ether oxygens (including phenoxy) is 2. The Balaban J connectivity index is 1.71. The zero-order chi connectivity index (χ0) is 21.7. The quantitative estimate of drug-likeness (QED) is 0.727. The van der Waals surface area contributed by atoms with Gasteiger partial charge in [-0.15, -0.1) is 0 Å². The van der Waals surface area contributed by atoms with Gasteiger partial charge in [0.25, 0.3) is 0 Å². The molecule has 1 amide bonds. The van der Waals surface area contributed by atoms with Crippen molar-refractivity contribution in [3.63, 3.8) is 0 Å². The lowest BCUT2D eigenvalue weighted by Gasteiger charge is -2.31. The number of methoxy groups -OCH3 is 2. The van der Waals surface area contributed by atoms with Gasteiger partial charge in [0.15, 0.2) is 0 Å². The molecule has 1 saturated heterocycles. The first-order valence-electron chi connectivity index (χ1n) is 9.90. The molecule has 0 aromatic heterocycles. The van der Waals surface area contributed by atoms with E-state index in [0.29, 0.717) is 31.7 Å². The third-order valence-electron chi connectivity index (χ3n) is 5.33. The largest absolute Gasteiger partial charge is 0.497 e. The number of piperidine rings is 1. The van der Waals surface area contributed by atoms with Gasteiger partial charge >= 0.3 is 0 Å². The van der Waals surface area contributed by atoms with Crippen molar-refractivity contribution in [2.75, 3.05) is 27.3 Å². The normalized spacial score (nSPS) is 17.4. The van der Waals surface area contributed by atoms with Crippen molar-refractivity contribution >= 4 is 15.9 Å². The molecule has 162 valence electrons. The van der Waals surface area contributed by atoms with Gasteiger partial charge in [-0.3, -0.25) is 4.79 Å². The lowest BCUT2D eigenvalue weighted by atomic mass is 9.98. The minimum absolute atomic E-state index is 0.0464. The third-order valence-corrected chi connectivity index (χ3v) is 7.22. The van der Waals surface area contributed by atoms with E-state index in [-0.39, 0.29) is 23.1 Å². The van der Waals surface area contributed by atoms with Crippen molar-refractivity contribution in [1.29, 1.82) is 0 Å². The summed E-state index contributed by atoms with van der Waals surface area (Å²) in [5.74, 6) is 0.157. The molecule has 1 aliphatic rings. The molecule has 7 nitrogen and oxygen atoms in total. The standard InChI is InChI=1S/C22H28N2O5S/c1-16-6-8-17(9-7-16)14-23-22(25)18-5-4-12-24(15-18)30(26,27)21-13-19(28-2)10-11-20(21)29-3/h6-11,13,18H,4-5,12,14-15H2,1-3H3,(H,23,25)/t18-/m0/s1. The highest BCUT2D eigenvalue weighted by Crippen LogP contribution is 2.32. The lowest BCUT2D eigenvalue weighted by molar-refractivity contribution is -0.126. The average molecular weight is 433 g/mol. The monoisotopic (exact) mass is 432 g/mol. The van der Waals surface area contributed by atoms with E-state index in [1.54, 1.807) is 12.1 Å². The van der Waals surface area contributed by atoms with E-state index in [1.165, 1.54) is 24.6 Å². The molecule has 0 saturated carbocycles. The second kappa shape index (κ2) is 9.49. The number of nitrogens with zero attached hydrogens (tertiary/aromatic N) is 1. The van der Waals surface area contributed by atoms with Crippen LogP contribution in [0, 0.1) is 12.8 Å². The molecule has 0 unspecified atom stereocenters. The Kier molecular flexibility index (Phi) is 6.99. The van der Waals surface area contributed by atoms with Crippen LogP contribution in [-0.4, -0.2) is 45.9 Å². The van der Waals surface area contributed by atoms with Crippen LogP contribution < -0.4 is 14.8 Å². The van der Waals surface area contributed by atoms with Gasteiger partial charge in [-0.1, -0.05) is 29.8 Å². The van der Waals surface area contributed by atoms with Gasteiger partial charge in [-0.25, -0.2) is 8.42 Å². The van der Waals surface area contributed by atoms with Gasteiger partial charge in [0.05, 0.1) is 20.1 Å². The van der Waals surface area contributed by atoms with Gasteiger partial charge in [0.1, 0.15) is 16.4 Å². The third kappa shape index (κ3) is 4.94. The number of hydrogen-bond acceptors (Lipinski definition) is 5. The molecule has 0 bridgehead atoms. The molecule has 3 rings (SSSR count). The van der Waals surface area contributed by atoms with Crippen LogP contribution in [0.25, 0.3) is 0 Å². The molecule has 1 fully saturated rings. The molecule has 0 radical (unpaired) electrons. The second-order valence-electron chi connectivity index (χ2n) is 7.42. The Hall–Kier alpha value is -2.58. The maximum Gasteiger partial charge on any atom is 0.246 e. The predicted molar refractivity (Wildman–Crippen MR) is 114 cm³/mol. The lowest BCUT2D eigenvalue weighted by Crippen LogP contribution is -2.45. The summed E-state index contributed by atoms with van der Waals surface area (Å²) in [5.41, 5.74) is 2.17. The van der Waals surface area contributed by atoms with Crippen LogP contribution in [0.4, 0.5) is 0 Å². The smallest absolute Gasteiger partial charge is 0.246 e. The summed E-state index contributed by atoms with van der Waals surface area (Å²) < 4.78 is 38.3. The van der Waals surface area contributed by atoms with Crippen LogP contribution in [0.15, 0.2) is 47.4 Å². The van der Waals surface area contributed by atoms with Crippen LogP contribution in [-0.2, 0) is 21.4 Å². The fourth-order valence-corrected chi connectivity index (χ4v) is 5.23. The molecule has 1 aliphatic heterocycles. The summed E-state index contributed by atoms with van der Waals surface area (Å²) in [5, 5.41) is 2.94. The second-order valence-corrected chi connectivity index (χ2v) is 9.33. The van der Waals surface area contributed by atoms with Crippen molar-refractivity contribution in [2.24, 2.45) is 5.92 Å². The van der Waals surface area contributed by atoms with Crippen LogP contribution >= 0.6 is 0 Å². The van der Waals surface area contributed by atoms with Crippen molar-refractivity contribution in [1.82, 2.24) is 9.62 Å². The minimum Gasteiger partial charge on any atom is -0.497 e. The highest BCUT2D eigenvalue weighted by molar-refractivity contribution is 7.89. The number of hydrogen-bond donors (Lipinski definition) is 1. The number of benzene rings is 2. The number of rotatable bonds is 7. The van der Waals surface area contributed by atoms with Crippen molar-refractivity contribution in [3.05, 3.63) is 53.6 Å². The highest BCUT2D eigenvalue weighted by Gasteiger charge is 2.35. The van der Waals surface area contributed by atoms with Crippen LogP contribution in [0.2, 0.25) is 0 Å². The molecule has 0 aliphatic carbocycles. The molecule has 1 heterocycles. The molecule has 8 heteroatoms. The minimum atomic E-state index is -3.83. The van der Waals surface area contributed by atoms with E-state index in [2.05, 4.69) is 5.32 Å². The molecule has 0 spiro atoms. The first kappa shape index (κ1) is 22.1. The van der Waals surface area contributed by atoms with E-state index in [9.17, 15) is 13.2 Å². The van der Waals surface area contributed by atoms with Gasteiger partial charge in [-0.2, -0.15) is 4.31 Å². The van der Waals surface area contributed by atoms with Crippen molar-refractivity contribution in [3.8, 4) is 11.5 Å². The first-order valence-corrected chi connectivity index (χ1v) is 11.3. The average Bonchev–Trinajstić information content (AvgIpc) is 2.78. The van der Waals surface area contributed by atoms with Crippen molar-refractivity contribution in [2.45, 2.75) is 31.2 Å². The molecule has 2 aromatic carbocycles. The van der Waals surface area contributed by atoms with Crippen LogP contribution in [0.3, 0.4) is 0 Å². The van der Waals surface area contributed by atoms with E-state index in [4.69, 9.17) is 9.47 Å². The van der Waals surface area contributed by atoms with Gasteiger partial charge in [0.2, 0.25) is 15.9 Å². The SMILES string of the molecule is COc1ccc(OC)c(S(=O)(=O)N2CCC[C@H](C(=O)NCc3ccc(C)cc3)C2)c1. The summed E-state index contributed by atoms with van der Waals surface area (Å²) in [7, 11) is -0.919. The Bertz CT molecular complexity index is 989. The number of amides is 1. The zero-order valence-corrected chi connectivity index (χ0v) is 18.4. The van der Waals surface area contributed by atoms with Gasteiger partial charge in [0, 0.05) is 25.7 Å². The van der Waals surface area contributed by atoms with Crippen molar-refractivity contribution < 1.29 is 22.7 Å². The summed E-state index contributed by atoms with van der Waals surface area (Å²) in [4.78, 5) is 12.7. The Morgan fingerprint density at radius 1 is 1.13 bits per heavy atom. The molecule has 2 aromatic rings. The first-order chi connectivity index (χ1) is 14.3. The Morgan fingerprint density at radius 3 is 2.53 bits per heavy atom. The van der Waals surface area contributed by atoms with E-state index >= 15 is 0 Å². The predicted octanol–water partition coefficient (Wildman–Crippen LogP) is 2.73. The zero-order valence-electron chi connectivity index (χ0n) is 17.6. The van der Waals surface area contributed by atoms with E-state index in [0.717, 1.165) is 11.1 Å². The molecule has 1 atom stereocenters. The summed E-state index contributed by atoms with van der Waals surface area (Å²) in [6.45, 7) is 2.94. The number of carbonyl (C=O) groups excluding carboxylic acids is 1. The Labute approximate surface area is 178 Å². The number of carbonyl (C=O) groups is 1.